The Morgan fingerprint density at radius 2 is 1.95 bits per heavy atom. The van der Waals surface area contributed by atoms with E-state index in [9.17, 15) is 9.59 Å². The molecule has 1 aliphatic carbocycles. The van der Waals surface area contributed by atoms with Crippen LogP contribution < -0.4 is 0 Å². The first-order valence-electron chi connectivity index (χ1n) is 6.78. The molecule has 3 rings (SSSR count). The van der Waals surface area contributed by atoms with E-state index in [2.05, 4.69) is 9.78 Å². The maximum Gasteiger partial charge on any atom is 0.441 e. The molecule has 1 aromatic rings. The Bertz CT molecular complexity index is 547. The van der Waals surface area contributed by atoms with Gasteiger partial charge in [-0.05, 0) is 24.8 Å². The summed E-state index contributed by atoms with van der Waals surface area (Å²) in [6, 6.07) is 7.79. The molecule has 1 aromatic carbocycles. The van der Waals surface area contributed by atoms with Crippen molar-refractivity contribution in [2.45, 2.75) is 19.3 Å². The number of amides is 1. The highest BCUT2D eigenvalue weighted by atomic mass is 17.2. The lowest BCUT2D eigenvalue weighted by Crippen LogP contribution is -2.45. The highest BCUT2D eigenvalue weighted by Crippen LogP contribution is 2.44. The van der Waals surface area contributed by atoms with Crippen LogP contribution in [0.4, 0.5) is 4.79 Å². The third-order valence-corrected chi connectivity index (χ3v) is 4.41. The maximum atomic E-state index is 12.6. The lowest BCUT2D eigenvalue weighted by Gasteiger charge is -2.37. The number of carbonyl (C=O) groups is 2. The van der Waals surface area contributed by atoms with Gasteiger partial charge < -0.3 is 4.90 Å². The van der Waals surface area contributed by atoms with Gasteiger partial charge >= 0.3 is 6.09 Å². The van der Waals surface area contributed by atoms with Crippen LogP contribution in [0.15, 0.2) is 24.3 Å². The third kappa shape index (κ3) is 1.98. The summed E-state index contributed by atoms with van der Waals surface area (Å²) < 4.78 is 0. The first-order valence-corrected chi connectivity index (χ1v) is 6.78. The van der Waals surface area contributed by atoms with E-state index >= 15 is 0 Å². The smallest absolute Gasteiger partial charge is 0.306 e. The lowest BCUT2D eigenvalue weighted by molar-refractivity contribution is -0.222. The normalized spacial score (nSPS) is 20.1. The number of fused-ring (bicyclic) bond motifs is 1. The SMILES string of the molecule is COOC(=O)N1CCC2(CC1)Cc1ccccc1C2=O. The van der Waals surface area contributed by atoms with Gasteiger partial charge in [-0.25, -0.2) is 4.79 Å². The molecule has 1 heterocycles. The molecule has 2 aliphatic rings. The molecule has 106 valence electrons. The number of hydrogen-bond donors (Lipinski definition) is 0. The van der Waals surface area contributed by atoms with Gasteiger partial charge in [0.2, 0.25) is 0 Å². The highest BCUT2D eigenvalue weighted by molar-refractivity contribution is 6.05. The Kier molecular flexibility index (Phi) is 3.22. The maximum absolute atomic E-state index is 12.6. The zero-order valence-electron chi connectivity index (χ0n) is 11.4. The molecule has 0 atom stereocenters. The van der Waals surface area contributed by atoms with Crippen molar-refractivity contribution in [3.05, 3.63) is 35.4 Å². The van der Waals surface area contributed by atoms with Gasteiger partial charge in [-0.2, -0.15) is 4.89 Å². The van der Waals surface area contributed by atoms with E-state index in [4.69, 9.17) is 0 Å². The second-order valence-corrected chi connectivity index (χ2v) is 5.45. The van der Waals surface area contributed by atoms with Crippen LogP contribution in [0.25, 0.3) is 0 Å². The van der Waals surface area contributed by atoms with Crippen LogP contribution in [0.3, 0.4) is 0 Å². The summed E-state index contributed by atoms with van der Waals surface area (Å²) in [4.78, 5) is 34.7. The van der Waals surface area contributed by atoms with E-state index in [0.717, 1.165) is 17.5 Å². The van der Waals surface area contributed by atoms with E-state index < -0.39 is 6.09 Å². The van der Waals surface area contributed by atoms with Crippen LogP contribution in [0.1, 0.15) is 28.8 Å². The fourth-order valence-corrected chi connectivity index (χ4v) is 3.27. The minimum atomic E-state index is -0.481. The molecule has 20 heavy (non-hydrogen) atoms. The van der Waals surface area contributed by atoms with Crippen molar-refractivity contribution in [2.24, 2.45) is 5.41 Å². The van der Waals surface area contributed by atoms with Gasteiger partial charge in [-0.3, -0.25) is 9.68 Å². The fourth-order valence-electron chi connectivity index (χ4n) is 3.27. The number of rotatable bonds is 1. The Labute approximate surface area is 117 Å². The van der Waals surface area contributed by atoms with Crippen LogP contribution in [-0.2, 0) is 16.2 Å². The van der Waals surface area contributed by atoms with Gasteiger partial charge in [0.1, 0.15) is 0 Å². The molecule has 0 unspecified atom stereocenters. The summed E-state index contributed by atoms with van der Waals surface area (Å²) in [5.41, 5.74) is 1.65. The third-order valence-electron chi connectivity index (χ3n) is 4.41. The van der Waals surface area contributed by atoms with Crippen molar-refractivity contribution in [3.63, 3.8) is 0 Å². The van der Waals surface area contributed by atoms with Gasteiger partial charge in [-0.1, -0.05) is 24.3 Å². The molecule has 1 aliphatic heterocycles. The van der Waals surface area contributed by atoms with Crippen molar-refractivity contribution in [1.29, 1.82) is 0 Å². The number of nitrogens with zero attached hydrogens (tertiary/aromatic N) is 1. The first-order chi connectivity index (χ1) is 9.66. The molecule has 0 saturated carbocycles. The van der Waals surface area contributed by atoms with Crippen molar-refractivity contribution < 1.29 is 19.4 Å². The molecule has 0 radical (unpaired) electrons. The molecule has 0 bridgehead atoms. The standard InChI is InChI=1S/C15H17NO4/c1-19-20-14(18)16-8-6-15(7-9-16)10-11-4-2-3-5-12(11)13(15)17/h2-5H,6-10H2,1H3. The van der Waals surface area contributed by atoms with Gasteiger partial charge in [0.15, 0.2) is 5.78 Å². The molecule has 5 heteroatoms. The second-order valence-electron chi connectivity index (χ2n) is 5.45. The minimum absolute atomic E-state index is 0.229. The summed E-state index contributed by atoms with van der Waals surface area (Å²) in [5, 5.41) is 0. The molecular formula is C15H17NO4. The zero-order valence-corrected chi connectivity index (χ0v) is 11.4. The van der Waals surface area contributed by atoms with Crippen molar-refractivity contribution in [1.82, 2.24) is 4.90 Å². The van der Waals surface area contributed by atoms with Crippen LogP contribution in [0.5, 0.6) is 0 Å². The van der Waals surface area contributed by atoms with Crippen molar-refractivity contribution in [3.8, 4) is 0 Å². The highest BCUT2D eigenvalue weighted by Gasteiger charge is 2.47. The summed E-state index contributed by atoms with van der Waals surface area (Å²) >= 11 is 0. The fraction of sp³-hybridized carbons (Fsp3) is 0.467. The van der Waals surface area contributed by atoms with Gasteiger partial charge in [0.05, 0.1) is 7.11 Å². The predicted molar refractivity (Wildman–Crippen MR) is 71.2 cm³/mol. The van der Waals surface area contributed by atoms with Gasteiger partial charge in [-0.15, -0.1) is 0 Å². The monoisotopic (exact) mass is 275 g/mol. The number of piperidine rings is 1. The quantitative estimate of drug-likeness (QED) is 0.582. The van der Waals surface area contributed by atoms with Crippen LogP contribution in [0.2, 0.25) is 0 Å². The predicted octanol–water partition coefficient (Wildman–Crippen LogP) is 2.21. The number of Topliss-reactive ketones (excluding diaryl/α,β-unsaturated/α-hetero) is 1. The van der Waals surface area contributed by atoms with E-state index in [1.165, 1.54) is 7.11 Å². The number of carbonyl (C=O) groups excluding carboxylic acids is 2. The number of hydrogen-bond acceptors (Lipinski definition) is 4. The topological polar surface area (TPSA) is 55.8 Å². The van der Waals surface area contributed by atoms with E-state index in [0.29, 0.717) is 25.9 Å². The van der Waals surface area contributed by atoms with Crippen LogP contribution in [0, 0.1) is 5.41 Å². The van der Waals surface area contributed by atoms with Crippen molar-refractivity contribution >= 4 is 11.9 Å². The van der Waals surface area contributed by atoms with E-state index in [1.54, 1.807) is 4.90 Å². The van der Waals surface area contributed by atoms with E-state index in [-0.39, 0.29) is 11.2 Å². The summed E-state index contributed by atoms with van der Waals surface area (Å²) in [7, 11) is 1.31. The second kappa shape index (κ2) is 4.90. The zero-order chi connectivity index (χ0) is 14.2. The molecule has 5 nitrogen and oxygen atoms in total. The van der Waals surface area contributed by atoms with Crippen molar-refractivity contribution in [2.75, 3.05) is 20.2 Å². The van der Waals surface area contributed by atoms with Gasteiger partial charge in [0.25, 0.3) is 0 Å². The number of likely N-dealkylation sites (tertiary alicyclic amines) is 1. The number of ketones is 1. The van der Waals surface area contributed by atoms with Crippen LogP contribution >= 0.6 is 0 Å². The molecule has 1 spiro atoms. The Hall–Kier alpha value is -1.88. The summed E-state index contributed by atoms with van der Waals surface area (Å²) in [6.45, 7) is 1.06. The molecule has 1 amide bonds. The summed E-state index contributed by atoms with van der Waals surface area (Å²) in [5.74, 6) is 0.229. The summed E-state index contributed by atoms with van der Waals surface area (Å²) in [6.07, 6.45) is 1.67. The lowest BCUT2D eigenvalue weighted by atomic mass is 9.75. The van der Waals surface area contributed by atoms with Crippen LogP contribution in [-0.4, -0.2) is 37.0 Å². The Balaban J connectivity index is 1.73. The Morgan fingerprint density at radius 1 is 1.25 bits per heavy atom. The first kappa shape index (κ1) is 13.1. The minimum Gasteiger partial charge on any atom is -0.306 e. The molecule has 0 aromatic heterocycles. The average molecular weight is 275 g/mol. The largest absolute Gasteiger partial charge is 0.441 e. The molecule has 1 fully saturated rings. The number of benzene rings is 1. The Morgan fingerprint density at radius 3 is 2.60 bits per heavy atom. The average Bonchev–Trinajstić information content (AvgIpc) is 2.73. The molecule has 1 saturated heterocycles. The molecule has 0 N–H and O–H groups in total. The van der Waals surface area contributed by atoms with Gasteiger partial charge in [0, 0.05) is 24.1 Å². The van der Waals surface area contributed by atoms with E-state index in [1.807, 2.05) is 24.3 Å². The molecular weight excluding hydrogens is 258 g/mol.